The maximum atomic E-state index is 13.6. The molecule has 0 aliphatic carbocycles. The van der Waals surface area contributed by atoms with Crippen molar-refractivity contribution in [3.63, 3.8) is 0 Å². The van der Waals surface area contributed by atoms with Crippen LogP contribution in [0.4, 0.5) is 8.78 Å². The van der Waals surface area contributed by atoms with Crippen LogP contribution in [0.15, 0.2) is 53.6 Å². The van der Waals surface area contributed by atoms with Gasteiger partial charge in [-0.3, -0.25) is 0 Å². The molecule has 136 valence electrons. The summed E-state index contributed by atoms with van der Waals surface area (Å²) in [6, 6.07) is 9.91. The van der Waals surface area contributed by atoms with E-state index in [2.05, 4.69) is 5.32 Å². The van der Waals surface area contributed by atoms with Gasteiger partial charge in [0.2, 0.25) is 0 Å². The van der Waals surface area contributed by atoms with Crippen molar-refractivity contribution in [3.05, 3.63) is 65.9 Å². The van der Waals surface area contributed by atoms with Crippen LogP contribution in [-0.4, -0.2) is 25.5 Å². The van der Waals surface area contributed by atoms with Crippen LogP contribution >= 0.6 is 0 Å². The second kappa shape index (κ2) is 6.48. The highest BCUT2D eigenvalue weighted by Gasteiger charge is 2.26. The molecule has 1 aromatic heterocycles. The minimum atomic E-state index is -4.03. The van der Waals surface area contributed by atoms with Gasteiger partial charge in [0.1, 0.15) is 0 Å². The van der Waals surface area contributed by atoms with Crippen molar-refractivity contribution in [2.45, 2.75) is 23.7 Å². The molecule has 0 radical (unpaired) electrons. The molecule has 0 spiro atoms. The molecule has 1 unspecified atom stereocenters. The smallest absolute Gasteiger partial charge is 0.268 e. The number of benzene rings is 2. The molecule has 4 nitrogen and oxygen atoms in total. The fourth-order valence-corrected chi connectivity index (χ4v) is 4.96. The molecule has 0 bridgehead atoms. The van der Waals surface area contributed by atoms with Gasteiger partial charge in [0.15, 0.2) is 11.6 Å². The van der Waals surface area contributed by atoms with Crippen molar-refractivity contribution in [1.82, 2.24) is 9.29 Å². The summed E-state index contributed by atoms with van der Waals surface area (Å²) < 4.78 is 54.1. The zero-order valence-electron chi connectivity index (χ0n) is 14.0. The SMILES string of the molecule is O=S(=O)(c1ccc(F)c(F)c1)n1cc(C2CCCNC2)c2ccccc21. The molecule has 4 rings (SSSR count). The summed E-state index contributed by atoms with van der Waals surface area (Å²) in [5.41, 5.74) is 1.50. The molecule has 2 aromatic carbocycles. The average molecular weight is 376 g/mol. The zero-order chi connectivity index (χ0) is 18.3. The summed E-state index contributed by atoms with van der Waals surface area (Å²) in [5, 5.41) is 4.21. The molecule has 0 saturated carbocycles. The molecule has 1 fully saturated rings. The first kappa shape index (κ1) is 17.2. The minimum absolute atomic E-state index is 0.218. The number of fused-ring (bicyclic) bond motifs is 1. The zero-order valence-corrected chi connectivity index (χ0v) is 14.8. The van der Waals surface area contributed by atoms with Crippen molar-refractivity contribution < 1.29 is 17.2 Å². The third-order valence-corrected chi connectivity index (χ3v) is 6.56. The molecule has 3 aromatic rings. The van der Waals surface area contributed by atoms with E-state index < -0.39 is 21.7 Å². The van der Waals surface area contributed by atoms with E-state index in [1.165, 1.54) is 3.97 Å². The Balaban J connectivity index is 1.89. The number of rotatable bonds is 3. The number of halogens is 2. The lowest BCUT2D eigenvalue weighted by Crippen LogP contribution is -2.28. The number of nitrogens with one attached hydrogen (secondary N) is 1. The predicted octanol–water partition coefficient (Wildman–Crippen LogP) is 3.62. The predicted molar refractivity (Wildman–Crippen MR) is 95.7 cm³/mol. The van der Waals surface area contributed by atoms with E-state index in [-0.39, 0.29) is 10.8 Å². The van der Waals surface area contributed by atoms with Crippen molar-refractivity contribution in [2.24, 2.45) is 0 Å². The van der Waals surface area contributed by atoms with Gasteiger partial charge >= 0.3 is 0 Å². The van der Waals surface area contributed by atoms with Crippen LogP contribution in [0.5, 0.6) is 0 Å². The van der Waals surface area contributed by atoms with E-state index in [9.17, 15) is 17.2 Å². The van der Waals surface area contributed by atoms with Gasteiger partial charge < -0.3 is 5.32 Å². The van der Waals surface area contributed by atoms with E-state index in [1.807, 2.05) is 12.1 Å². The van der Waals surface area contributed by atoms with Gasteiger partial charge in [0, 0.05) is 18.1 Å². The number of nitrogens with zero attached hydrogens (tertiary/aromatic N) is 1. The molecule has 0 amide bonds. The number of hydrogen-bond donors (Lipinski definition) is 1. The molecule has 1 saturated heterocycles. The molecular weight excluding hydrogens is 358 g/mol. The Bertz CT molecular complexity index is 1070. The first-order valence-electron chi connectivity index (χ1n) is 8.50. The second-order valence-electron chi connectivity index (χ2n) is 6.52. The minimum Gasteiger partial charge on any atom is -0.316 e. The molecule has 1 aliphatic rings. The summed E-state index contributed by atoms with van der Waals surface area (Å²) in [7, 11) is -4.03. The van der Waals surface area contributed by atoms with Gasteiger partial charge in [0.05, 0.1) is 10.4 Å². The summed E-state index contributed by atoms with van der Waals surface area (Å²) in [4.78, 5) is -0.273. The number of para-hydroxylation sites is 1. The van der Waals surface area contributed by atoms with E-state index in [0.29, 0.717) is 5.52 Å². The highest BCUT2D eigenvalue weighted by molar-refractivity contribution is 7.90. The molecule has 2 heterocycles. The lowest BCUT2D eigenvalue weighted by atomic mass is 9.91. The van der Waals surface area contributed by atoms with Gasteiger partial charge in [-0.05, 0) is 55.1 Å². The van der Waals surface area contributed by atoms with E-state index in [4.69, 9.17) is 0 Å². The number of hydrogen-bond acceptors (Lipinski definition) is 3. The number of piperidine rings is 1. The van der Waals surface area contributed by atoms with Gasteiger partial charge in [-0.1, -0.05) is 18.2 Å². The highest BCUT2D eigenvalue weighted by Crippen LogP contribution is 2.33. The summed E-state index contributed by atoms with van der Waals surface area (Å²) >= 11 is 0. The van der Waals surface area contributed by atoms with Gasteiger partial charge in [-0.2, -0.15) is 0 Å². The maximum absolute atomic E-state index is 13.6. The van der Waals surface area contributed by atoms with Crippen LogP contribution in [-0.2, 0) is 10.0 Å². The Kier molecular flexibility index (Phi) is 4.28. The normalized spacial score (nSPS) is 18.3. The van der Waals surface area contributed by atoms with Crippen LogP contribution in [0.1, 0.15) is 24.3 Å². The fraction of sp³-hybridized carbons (Fsp3) is 0.263. The Morgan fingerprint density at radius 1 is 1.08 bits per heavy atom. The monoisotopic (exact) mass is 376 g/mol. The summed E-state index contributed by atoms with van der Waals surface area (Å²) in [6.45, 7) is 1.75. The Morgan fingerprint density at radius 2 is 1.88 bits per heavy atom. The lowest BCUT2D eigenvalue weighted by molar-refractivity contribution is 0.463. The molecule has 1 atom stereocenters. The summed E-state index contributed by atoms with van der Waals surface area (Å²) in [5.74, 6) is -2.04. The largest absolute Gasteiger partial charge is 0.316 e. The molecule has 26 heavy (non-hydrogen) atoms. The van der Waals surface area contributed by atoms with Crippen LogP contribution in [0.25, 0.3) is 10.9 Å². The van der Waals surface area contributed by atoms with Crippen molar-refractivity contribution >= 4 is 20.9 Å². The fourth-order valence-electron chi connectivity index (χ4n) is 3.57. The van der Waals surface area contributed by atoms with E-state index >= 15 is 0 Å². The average Bonchev–Trinajstić information content (AvgIpc) is 3.05. The molecule has 1 aliphatic heterocycles. The lowest BCUT2D eigenvalue weighted by Gasteiger charge is -2.22. The van der Waals surface area contributed by atoms with Crippen molar-refractivity contribution in [2.75, 3.05) is 13.1 Å². The number of aromatic nitrogens is 1. The van der Waals surface area contributed by atoms with Gasteiger partial charge in [-0.15, -0.1) is 0 Å². The third-order valence-electron chi connectivity index (χ3n) is 4.89. The highest BCUT2D eigenvalue weighted by atomic mass is 32.2. The van der Waals surface area contributed by atoms with E-state index in [0.717, 1.165) is 55.1 Å². The van der Waals surface area contributed by atoms with Crippen molar-refractivity contribution in [1.29, 1.82) is 0 Å². The Labute approximate surface area is 150 Å². The molecule has 1 N–H and O–H groups in total. The van der Waals surface area contributed by atoms with Crippen LogP contribution in [0, 0.1) is 11.6 Å². The van der Waals surface area contributed by atoms with E-state index in [1.54, 1.807) is 18.3 Å². The first-order chi connectivity index (χ1) is 12.5. The van der Waals surface area contributed by atoms with Crippen LogP contribution in [0.2, 0.25) is 0 Å². The summed E-state index contributed by atoms with van der Waals surface area (Å²) in [6.07, 6.45) is 3.63. The van der Waals surface area contributed by atoms with Gasteiger partial charge in [0.25, 0.3) is 10.0 Å². The van der Waals surface area contributed by atoms with Crippen molar-refractivity contribution in [3.8, 4) is 0 Å². The maximum Gasteiger partial charge on any atom is 0.268 e. The van der Waals surface area contributed by atoms with Crippen LogP contribution in [0.3, 0.4) is 0 Å². The third kappa shape index (κ3) is 2.81. The first-order valence-corrected chi connectivity index (χ1v) is 9.94. The Hall–Kier alpha value is -2.25. The standard InChI is InChI=1S/C19H18F2N2O2S/c20-17-8-7-14(10-18(17)21)26(24,25)23-12-16(13-4-3-9-22-11-13)15-5-1-2-6-19(15)23/h1-2,5-8,10,12-13,22H,3-4,9,11H2. The Morgan fingerprint density at radius 3 is 2.62 bits per heavy atom. The quantitative estimate of drug-likeness (QED) is 0.760. The van der Waals surface area contributed by atoms with Gasteiger partial charge in [-0.25, -0.2) is 21.2 Å². The van der Waals surface area contributed by atoms with Crippen LogP contribution < -0.4 is 5.32 Å². The topological polar surface area (TPSA) is 51.1 Å². The molecular formula is C19H18F2N2O2S. The molecule has 7 heteroatoms. The second-order valence-corrected chi connectivity index (χ2v) is 8.34.